The van der Waals surface area contributed by atoms with Crippen molar-refractivity contribution in [3.8, 4) is 0 Å². The van der Waals surface area contributed by atoms with E-state index in [1.807, 2.05) is 32.0 Å². The standard InChI is InChI=1S/C15H24NO2P/c1-3-13(2)16-15(17)10-12-19(18)11-9-14-7-5-4-6-8-14/h4-8,13,18H,3,9-12H2,1-2H3,(H,16,17). The molecule has 19 heavy (non-hydrogen) atoms. The Kier molecular flexibility index (Phi) is 7.69. The van der Waals surface area contributed by atoms with Gasteiger partial charge in [0.1, 0.15) is 0 Å². The molecule has 1 amide bonds. The number of amides is 1. The first kappa shape index (κ1) is 16.1. The molecule has 0 fully saturated rings. The van der Waals surface area contributed by atoms with Gasteiger partial charge < -0.3 is 10.2 Å². The zero-order valence-electron chi connectivity index (χ0n) is 11.8. The Labute approximate surface area is 117 Å². The van der Waals surface area contributed by atoms with E-state index in [4.69, 9.17) is 0 Å². The van der Waals surface area contributed by atoms with Gasteiger partial charge >= 0.3 is 0 Å². The Morgan fingerprint density at radius 2 is 2.00 bits per heavy atom. The van der Waals surface area contributed by atoms with Crippen molar-refractivity contribution in [2.75, 3.05) is 12.3 Å². The van der Waals surface area contributed by atoms with Crippen molar-refractivity contribution in [2.24, 2.45) is 0 Å². The summed E-state index contributed by atoms with van der Waals surface area (Å²) in [5, 5.41) is 2.92. The molecule has 0 radical (unpaired) electrons. The van der Waals surface area contributed by atoms with Gasteiger partial charge in [-0.2, -0.15) is 0 Å². The van der Waals surface area contributed by atoms with Crippen molar-refractivity contribution in [2.45, 2.75) is 39.2 Å². The van der Waals surface area contributed by atoms with Gasteiger partial charge in [0.25, 0.3) is 0 Å². The summed E-state index contributed by atoms with van der Waals surface area (Å²) < 4.78 is 0. The molecule has 1 aromatic carbocycles. The molecule has 2 unspecified atom stereocenters. The summed E-state index contributed by atoms with van der Waals surface area (Å²) in [6.07, 6.45) is 3.63. The summed E-state index contributed by atoms with van der Waals surface area (Å²) in [5.41, 5.74) is 1.24. The molecule has 0 aliphatic rings. The third-order valence-electron chi connectivity index (χ3n) is 3.12. The normalized spacial score (nSPS) is 13.8. The molecule has 2 atom stereocenters. The number of rotatable bonds is 8. The zero-order chi connectivity index (χ0) is 14.1. The average molecular weight is 281 g/mol. The number of benzene rings is 1. The predicted molar refractivity (Wildman–Crippen MR) is 81.5 cm³/mol. The van der Waals surface area contributed by atoms with Gasteiger partial charge in [-0.25, -0.2) is 0 Å². The second-order valence-electron chi connectivity index (χ2n) is 4.82. The second-order valence-corrected chi connectivity index (χ2v) is 6.72. The van der Waals surface area contributed by atoms with Gasteiger partial charge in [-0.15, -0.1) is 0 Å². The van der Waals surface area contributed by atoms with E-state index in [0.717, 1.165) is 19.0 Å². The molecule has 0 aliphatic carbocycles. The van der Waals surface area contributed by atoms with E-state index in [1.165, 1.54) is 5.56 Å². The van der Waals surface area contributed by atoms with E-state index in [0.29, 0.717) is 12.6 Å². The summed E-state index contributed by atoms with van der Waals surface area (Å²) in [4.78, 5) is 21.5. The average Bonchev–Trinajstić information content (AvgIpc) is 2.43. The monoisotopic (exact) mass is 281 g/mol. The van der Waals surface area contributed by atoms with E-state index < -0.39 is 8.15 Å². The van der Waals surface area contributed by atoms with Crippen LogP contribution >= 0.6 is 8.15 Å². The fourth-order valence-corrected chi connectivity index (χ4v) is 2.90. The van der Waals surface area contributed by atoms with Crippen LogP contribution in [0.4, 0.5) is 0 Å². The van der Waals surface area contributed by atoms with Crippen LogP contribution in [0.2, 0.25) is 0 Å². The molecule has 0 spiro atoms. The van der Waals surface area contributed by atoms with Crippen molar-refractivity contribution < 1.29 is 9.69 Å². The van der Waals surface area contributed by atoms with E-state index in [9.17, 15) is 9.69 Å². The number of hydrogen-bond donors (Lipinski definition) is 2. The Bertz CT molecular complexity index is 370. The van der Waals surface area contributed by atoms with Gasteiger partial charge in [-0.05, 0) is 31.5 Å². The molecule has 4 heteroatoms. The SMILES string of the molecule is CCC(C)NC(=O)CCP(O)CCc1ccccc1. The smallest absolute Gasteiger partial charge is 0.220 e. The fraction of sp³-hybridized carbons (Fsp3) is 0.533. The van der Waals surface area contributed by atoms with Gasteiger partial charge in [0, 0.05) is 26.8 Å². The summed E-state index contributed by atoms with van der Waals surface area (Å²) in [7, 11) is -1.03. The first-order valence-corrected chi connectivity index (χ1v) is 8.55. The van der Waals surface area contributed by atoms with Gasteiger partial charge in [0.05, 0.1) is 0 Å². The molecule has 2 N–H and O–H groups in total. The highest BCUT2D eigenvalue weighted by molar-refractivity contribution is 7.51. The minimum atomic E-state index is -1.03. The number of nitrogens with one attached hydrogen (secondary N) is 1. The van der Waals surface area contributed by atoms with Crippen molar-refractivity contribution in [1.29, 1.82) is 0 Å². The lowest BCUT2D eigenvalue weighted by Gasteiger charge is -2.13. The Balaban J connectivity index is 2.17. The fourth-order valence-electron chi connectivity index (χ4n) is 1.69. The molecule has 1 aromatic rings. The molecular formula is C15H24NO2P. The minimum Gasteiger partial charge on any atom is -0.374 e. The Morgan fingerprint density at radius 3 is 2.63 bits per heavy atom. The number of carbonyl (C=O) groups is 1. The summed E-state index contributed by atoms with van der Waals surface area (Å²) in [6.45, 7) is 4.04. The van der Waals surface area contributed by atoms with Gasteiger partial charge in [-0.1, -0.05) is 37.3 Å². The minimum absolute atomic E-state index is 0.0515. The molecule has 0 saturated heterocycles. The molecule has 1 rings (SSSR count). The topological polar surface area (TPSA) is 49.3 Å². The predicted octanol–water partition coefficient (Wildman–Crippen LogP) is 2.92. The molecule has 0 bridgehead atoms. The van der Waals surface area contributed by atoms with Gasteiger partial charge in [0.2, 0.25) is 5.91 Å². The lowest BCUT2D eigenvalue weighted by Crippen LogP contribution is -2.32. The van der Waals surface area contributed by atoms with Crippen molar-refractivity contribution in [3.05, 3.63) is 35.9 Å². The summed E-state index contributed by atoms with van der Waals surface area (Å²) in [5.74, 6) is 0.0515. The Morgan fingerprint density at radius 1 is 1.32 bits per heavy atom. The highest BCUT2D eigenvalue weighted by Crippen LogP contribution is 2.31. The van der Waals surface area contributed by atoms with Crippen molar-refractivity contribution >= 4 is 14.1 Å². The van der Waals surface area contributed by atoms with Gasteiger partial charge in [0.15, 0.2) is 0 Å². The third-order valence-corrected chi connectivity index (χ3v) is 4.60. The molecule has 3 nitrogen and oxygen atoms in total. The van der Waals surface area contributed by atoms with Crippen LogP contribution in [0.15, 0.2) is 30.3 Å². The quantitative estimate of drug-likeness (QED) is 0.720. The second kappa shape index (κ2) is 9.06. The molecule has 0 aromatic heterocycles. The molecule has 0 heterocycles. The highest BCUT2D eigenvalue weighted by Gasteiger charge is 2.10. The molecule has 0 aliphatic heterocycles. The van der Waals surface area contributed by atoms with Crippen LogP contribution in [0.3, 0.4) is 0 Å². The molecular weight excluding hydrogens is 257 g/mol. The van der Waals surface area contributed by atoms with Crippen LogP contribution in [0, 0.1) is 0 Å². The van der Waals surface area contributed by atoms with E-state index >= 15 is 0 Å². The Hall–Kier alpha value is -0.920. The number of aryl methyl sites for hydroxylation is 1. The van der Waals surface area contributed by atoms with E-state index in [-0.39, 0.29) is 11.9 Å². The molecule has 106 valence electrons. The van der Waals surface area contributed by atoms with Crippen LogP contribution in [0.1, 0.15) is 32.3 Å². The van der Waals surface area contributed by atoms with E-state index in [1.54, 1.807) is 0 Å². The zero-order valence-corrected chi connectivity index (χ0v) is 12.7. The number of carbonyl (C=O) groups excluding carboxylic acids is 1. The largest absolute Gasteiger partial charge is 0.374 e. The van der Waals surface area contributed by atoms with Crippen LogP contribution in [0.25, 0.3) is 0 Å². The van der Waals surface area contributed by atoms with Crippen LogP contribution in [-0.4, -0.2) is 29.2 Å². The van der Waals surface area contributed by atoms with E-state index in [2.05, 4.69) is 17.4 Å². The maximum absolute atomic E-state index is 11.6. The highest BCUT2D eigenvalue weighted by atomic mass is 31.1. The van der Waals surface area contributed by atoms with Gasteiger partial charge in [-0.3, -0.25) is 4.79 Å². The lowest BCUT2D eigenvalue weighted by molar-refractivity contribution is -0.121. The maximum Gasteiger partial charge on any atom is 0.220 e. The van der Waals surface area contributed by atoms with Crippen LogP contribution < -0.4 is 5.32 Å². The summed E-state index contributed by atoms with van der Waals surface area (Å²) in [6, 6.07) is 10.4. The lowest BCUT2D eigenvalue weighted by atomic mass is 10.2. The third kappa shape index (κ3) is 7.29. The van der Waals surface area contributed by atoms with Crippen LogP contribution in [-0.2, 0) is 11.2 Å². The first-order chi connectivity index (χ1) is 9.11. The van der Waals surface area contributed by atoms with Crippen molar-refractivity contribution in [3.63, 3.8) is 0 Å². The maximum atomic E-state index is 11.6. The first-order valence-electron chi connectivity index (χ1n) is 6.89. The van der Waals surface area contributed by atoms with Crippen molar-refractivity contribution in [1.82, 2.24) is 5.32 Å². The number of hydrogen-bond acceptors (Lipinski definition) is 2. The van der Waals surface area contributed by atoms with Crippen LogP contribution in [0.5, 0.6) is 0 Å². The molecule has 0 saturated carbocycles. The summed E-state index contributed by atoms with van der Waals surface area (Å²) >= 11 is 0.